The number of benzene rings is 3. The minimum Gasteiger partial charge on any atom is -0.354 e. The Bertz CT molecular complexity index is 1160. The van der Waals surface area contributed by atoms with Crippen LogP contribution in [0, 0.1) is 6.92 Å². The van der Waals surface area contributed by atoms with E-state index in [1.54, 1.807) is 36.4 Å². The molecule has 6 heteroatoms. The Morgan fingerprint density at radius 1 is 0.848 bits per heavy atom. The first-order valence-corrected chi connectivity index (χ1v) is 12.6. The monoisotopic (exact) mass is 464 g/mol. The standard InChI is InChI=1S/C27H32N2O3S/c1-20(2)23-12-14-25(15-13-23)29(33(31,32)26-16-10-21(3)11-17-26)19-27(30)28-18-22(4)24-8-6-5-7-9-24/h5-17,20,22H,18-19H2,1-4H3,(H,28,30)/t22-/m0/s1. The topological polar surface area (TPSA) is 66.5 Å². The van der Waals surface area contributed by atoms with E-state index in [1.807, 2.05) is 56.3 Å². The summed E-state index contributed by atoms with van der Waals surface area (Å²) in [6, 6.07) is 23.9. The van der Waals surface area contributed by atoms with Gasteiger partial charge in [0, 0.05) is 6.54 Å². The number of sulfonamides is 1. The van der Waals surface area contributed by atoms with Crippen LogP contribution < -0.4 is 9.62 Å². The summed E-state index contributed by atoms with van der Waals surface area (Å²) >= 11 is 0. The summed E-state index contributed by atoms with van der Waals surface area (Å²) in [7, 11) is -3.92. The van der Waals surface area contributed by atoms with Gasteiger partial charge in [-0.1, -0.05) is 80.9 Å². The van der Waals surface area contributed by atoms with E-state index in [4.69, 9.17) is 0 Å². The number of anilines is 1. The summed E-state index contributed by atoms with van der Waals surface area (Å²) in [5.74, 6) is 0.0908. The van der Waals surface area contributed by atoms with Gasteiger partial charge in [-0.15, -0.1) is 0 Å². The number of carbonyl (C=O) groups excluding carboxylic acids is 1. The van der Waals surface area contributed by atoms with Gasteiger partial charge in [-0.2, -0.15) is 0 Å². The third-order valence-electron chi connectivity index (χ3n) is 5.72. The van der Waals surface area contributed by atoms with Gasteiger partial charge in [0.05, 0.1) is 10.6 Å². The van der Waals surface area contributed by atoms with Gasteiger partial charge in [-0.05, 0) is 54.2 Å². The molecular formula is C27H32N2O3S. The van der Waals surface area contributed by atoms with Crippen molar-refractivity contribution in [2.24, 2.45) is 0 Å². The fraction of sp³-hybridized carbons (Fsp3) is 0.296. The van der Waals surface area contributed by atoms with Gasteiger partial charge in [0.15, 0.2) is 0 Å². The largest absolute Gasteiger partial charge is 0.354 e. The maximum Gasteiger partial charge on any atom is 0.264 e. The smallest absolute Gasteiger partial charge is 0.264 e. The van der Waals surface area contributed by atoms with Gasteiger partial charge in [0.2, 0.25) is 5.91 Å². The van der Waals surface area contributed by atoms with E-state index in [1.165, 1.54) is 4.31 Å². The third-order valence-corrected chi connectivity index (χ3v) is 7.51. The zero-order valence-corrected chi connectivity index (χ0v) is 20.5. The van der Waals surface area contributed by atoms with Crippen LogP contribution in [0.4, 0.5) is 5.69 Å². The van der Waals surface area contributed by atoms with Crippen molar-refractivity contribution in [2.45, 2.75) is 44.4 Å². The molecule has 0 aliphatic heterocycles. The summed E-state index contributed by atoms with van der Waals surface area (Å²) in [5, 5.41) is 2.90. The second kappa shape index (κ2) is 10.7. The lowest BCUT2D eigenvalue weighted by atomic mass is 10.0. The molecule has 1 N–H and O–H groups in total. The fourth-order valence-electron chi connectivity index (χ4n) is 3.53. The van der Waals surface area contributed by atoms with Crippen molar-refractivity contribution in [1.29, 1.82) is 0 Å². The zero-order chi connectivity index (χ0) is 24.0. The second-order valence-electron chi connectivity index (χ2n) is 8.69. The van der Waals surface area contributed by atoms with Crippen LogP contribution in [0.1, 0.15) is 49.3 Å². The number of aryl methyl sites for hydroxylation is 1. The quantitative estimate of drug-likeness (QED) is 0.471. The van der Waals surface area contributed by atoms with Gasteiger partial charge >= 0.3 is 0 Å². The van der Waals surface area contributed by atoms with Crippen LogP contribution in [0.15, 0.2) is 83.8 Å². The fourth-order valence-corrected chi connectivity index (χ4v) is 4.95. The number of rotatable bonds is 9. The zero-order valence-electron chi connectivity index (χ0n) is 19.7. The Morgan fingerprint density at radius 3 is 2.03 bits per heavy atom. The molecule has 0 saturated heterocycles. The highest BCUT2D eigenvalue weighted by molar-refractivity contribution is 7.92. The summed E-state index contributed by atoms with van der Waals surface area (Å²) in [5.41, 5.74) is 3.65. The molecule has 0 aromatic heterocycles. The number of amides is 1. The number of carbonyl (C=O) groups is 1. The lowest BCUT2D eigenvalue weighted by Gasteiger charge is -2.25. The van der Waals surface area contributed by atoms with Crippen LogP contribution in [0.5, 0.6) is 0 Å². The lowest BCUT2D eigenvalue weighted by Crippen LogP contribution is -2.41. The molecule has 174 valence electrons. The van der Waals surface area contributed by atoms with Crippen molar-refractivity contribution < 1.29 is 13.2 Å². The molecule has 0 fully saturated rings. The molecule has 0 unspecified atom stereocenters. The molecule has 3 aromatic rings. The van der Waals surface area contributed by atoms with E-state index in [0.29, 0.717) is 18.2 Å². The molecule has 1 amide bonds. The number of nitrogens with one attached hydrogen (secondary N) is 1. The van der Waals surface area contributed by atoms with Crippen LogP contribution in [0.25, 0.3) is 0 Å². The van der Waals surface area contributed by atoms with Gasteiger partial charge in [-0.3, -0.25) is 9.10 Å². The molecule has 5 nitrogen and oxygen atoms in total. The van der Waals surface area contributed by atoms with Crippen molar-refractivity contribution in [3.05, 3.63) is 95.6 Å². The molecule has 0 spiro atoms. The molecule has 0 heterocycles. The minimum absolute atomic E-state index is 0.114. The number of hydrogen-bond acceptors (Lipinski definition) is 3. The van der Waals surface area contributed by atoms with Crippen molar-refractivity contribution in [3.63, 3.8) is 0 Å². The molecule has 3 rings (SSSR count). The van der Waals surface area contributed by atoms with Crippen molar-refractivity contribution >= 4 is 21.6 Å². The lowest BCUT2D eigenvalue weighted by molar-refractivity contribution is -0.119. The Balaban J connectivity index is 1.83. The van der Waals surface area contributed by atoms with Crippen LogP contribution in [-0.2, 0) is 14.8 Å². The molecule has 0 aliphatic carbocycles. The van der Waals surface area contributed by atoms with E-state index in [-0.39, 0.29) is 23.3 Å². The predicted molar refractivity (Wildman–Crippen MR) is 134 cm³/mol. The summed E-state index contributed by atoms with van der Waals surface area (Å²) in [4.78, 5) is 13.0. The maximum atomic E-state index is 13.5. The summed E-state index contributed by atoms with van der Waals surface area (Å²) in [6.07, 6.45) is 0. The third kappa shape index (κ3) is 6.23. The SMILES string of the molecule is Cc1ccc(S(=O)(=O)N(CC(=O)NC[C@H](C)c2ccccc2)c2ccc(C(C)C)cc2)cc1. The second-order valence-corrected chi connectivity index (χ2v) is 10.5. The van der Waals surface area contributed by atoms with Crippen molar-refractivity contribution in [2.75, 3.05) is 17.4 Å². The van der Waals surface area contributed by atoms with Crippen LogP contribution in [0.2, 0.25) is 0 Å². The molecule has 3 aromatic carbocycles. The van der Waals surface area contributed by atoms with Gasteiger partial charge in [-0.25, -0.2) is 8.42 Å². The highest BCUT2D eigenvalue weighted by Gasteiger charge is 2.27. The first-order valence-electron chi connectivity index (χ1n) is 11.2. The summed E-state index contributed by atoms with van der Waals surface area (Å²) in [6.45, 7) is 8.22. The predicted octanol–water partition coefficient (Wildman–Crippen LogP) is 5.23. The van der Waals surface area contributed by atoms with Gasteiger partial charge in [0.1, 0.15) is 6.54 Å². The number of nitrogens with zero attached hydrogens (tertiary/aromatic N) is 1. The molecule has 1 atom stereocenters. The van der Waals surface area contributed by atoms with E-state index < -0.39 is 10.0 Å². The molecular weight excluding hydrogens is 432 g/mol. The normalized spacial score (nSPS) is 12.4. The Kier molecular flexibility index (Phi) is 7.92. The molecule has 33 heavy (non-hydrogen) atoms. The Morgan fingerprint density at radius 2 is 1.45 bits per heavy atom. The molecule has 0 bridgehead atoms. The highest BCUT2D eigenvalue weighted by Crippen LogP contribution is 2.26. The van der Waals surface area contributed by atoms with Crippen LogP contribution in [0.3, 0.4) is 0 Å². The van der Waals surface area contributed by atoms with Crippen LogP contribution in [-0.4, -0.2) is 27.4 Å². The van der Waals surface area contributed by atoms with Gasteiger partial charge < -0.3 is 5.32 Å². The van der Waals surface area contributed by atoms with E-state index in [2.05, 4.69) is 19.2 Å². The van der Waals surface area contributed by atoms with Crippen molar-refractivity contribution in [3.8, 4) is 0 Å². The van der Waals surface area contributed by atoms with E-state index in [0.717, 1.165) is 16.7 Å². The minimum atomic E-state index is -3.92. The molecule has 0 aliphatic rings. The maximum absolute atomic E-state index is 13.5. The Hall–Kier alpha value is -3.12. The van der Waals surface area contributed by atoms with Crippen LogP contribution >= 0.6 is 0 Å². The van der Waals surface area contributed by atoms with E-state index in [9.17, 15) is 13.2 Å². The summed E-state index contributed by atoms with van der Waals surface area (Å²) < 4.78 is 28.2. The molecule has 0 radical (unpaired) electrons. The average Bonchev–Trinajstić information content (AvgIpc) is 2.81. The van der Waals surface area contributed by atoms with Gasteiger partial charge in [0.25, 0.3) is 10.0 Å². The Labute approximate surface area is 197 Å². The number of hydrogen-bond donors (Lipinski definition) is 1. The first kappa shape index (κ1) is 24.5. The highest BCUT2D eigenvalue weighted by atomic mass is 32.2. The first-order chi connectivity index (χ1) is 15.7. The van der Waals surface area contributed by atoms with E-state index >= 15 is 0 Å². The molecule has 0 saturated carbocycles. The average molecular weight is 465 g/mol. The van der Waals surface area contributed by atoms with Crippen molar-refractivity contribution in [1.82, 2.24) is 5.32 Å².